The van der Waals surface area contributed by atoms with Crippen LogP contribution in [0.15, 0.2) is 47.4 Å². The van der Waals surface area contributed by atoms with Crippen LogP contribution in [-0.4, -0.2) is 23.7 Å². The van der Waals surface area contributed by atoms with Crippen molar-refractivity contribution in [3.8, 4) is 0 Å². The third-order valence-corrected chi connectivity index (χ3v) is 5.41. The van der Waals surface area contributed by atoms with E-state index in [1.807, 2.05) is 12.1 Å². The van der Waals surface area contributed by atoms with Crippen LogP contribution in [0.5, 0.6) is 0 Å². The maximum atomic E-state index is 12.2. The number of hydrogen-bond acceptors (Lipinski definition) is 3. The summed E-state index contributed by atoms with van der Waals surface area (Å²) in [5, 5.41) is 5.56. The van der Waals surface area contributed by atoms with Crippen LogP contribution in [0.25, 0.3) is 10.8 Å². The number of thioether (sulfide) groups is 1. The zero-order valence-corrected chi connectivity index (χ0v) is 14.9. The monoisotopic (exact) mass is 350 g/mol. The van der Waals surface area contributed by atoms with Crippen molar-refractivity contribution in [2.45, 2.75) is 30.2 Å². The van der Waals surface area contributed by atoms with E-state index in [4.69, 9.17) is 5.73 Å². The standard InChI is InChI=1S/C18H22N2OS.ClH/c1-18(12-19,15-7-8-15)20-17(21)11-22-16-9-6-13-4-2-3-5-14(13)10-16;/h2-6,9-10,15H,7-8,11-12,19H2,1H3,(H,20,21);1H. The summed E-state index contributed by atoms with van der Waals surface area (Å²) in [6.45, 7) is 2.56. The van der Waals surface area contributed by atoms with Crippen LogP contribution in [0, 0.1) is 5.92 Å². The van der Waals surface area contributed by atoms with Crippen LogP contribution in [0.4, 0.5) is 0 Å². The lowest BCUT2D eigenvalue weighted by Gasteiger charge is -2.29. The first-order chi connectivity index (χ1) is 10.6. The Morgan fingerprint density at radius 2 is 1.96 bits per heavy atom. The number of nitrogens with two attached hydrogens (primary N) is 1. The Bertz CT molecular complexity index is 690. The molecule has 0 bridgehead atoms. The normalized spacial score (nSPS) is 16.4. The van der Waals surface area contributed by atoms with Gasteiger partial charge in [-0.3, -0.25) is 4.79 Å². The summed E-state index contributed by atoms with van der Waals surface area (Å²) >= 11 is 1.57. The lowest BCUT2D eigenvalue weighted by Crippen LogP contribution is -2.53. The van der Waals surface area contributed by atoms with E-state index < -0.39 is 0 Å². The fraction of sp³-hybridized carbons (Fsp3) is 0.389. The average molecular weight is 351 g/mol. The zero-order valence-electron chi connectivity index (χ0n) is 13.2. The SMILES string of the molecule is CC(CN)(NC(=O)CSc1ccc2ccccc2c1)C1CC1.Cl. The van der Waals surface area contributed by atoms with Gasteiger partial charge in [-0.05, 0) is 48.6 Å². The van der Waals surface area contributed by atoms with Crippen molar-refractivity contribution in [3.63, 3.8) is 0 Å². The molecule has 3 N–H and O–H groups in total. The number of nitrogens with one attached hydrogen (secondary N) is 1. The zero-order chi connectivity index (χ0) is 15.6. The Morgan fingerprint density at radius 3 is 2.61 bits per heavy atom. The molecule has 2 aromatic rings. The summed E-state index contributed by atoms with van der Waals surface area (Å²) < 4.78 is 0. The predicted molar refractivity (Wildman–Crippen MR) is 100 cm³/mol. The summed E-state index contributed by atoms with van der Waals surface area (Å²) in [7, 11) is 0. The van der Waals surface area contributed by atoms with Gasteiger partial charge in [0.05, 0.1) is 11.3 Å². The van der Waals surface area contributed by atoms with Crippen molar-refractivity contribution in [2.75, 3.05) is 12.3 Å². The first-order valence-electron chi connectivity index (χ1n) is 7.73. The van der Waals surface area contributed by atoms with Gasteiger partial charge in [0.15, 0.2) is 0 Å². The molecule has 0 aliphatic heterocycles. The highest BCUT2D eigenvalue weighted by molar-refractivity contribution is 8.00. The molecule has 124 valence electrons. The van der Waals surface area contributed by atoms with Gasteiger partial charge in [0.25, 0.3) is 0 Å². The minimum Gasteiger partial charge on any atom is -0.349 e. The molecule has 5 heteroatoms. The molecule has 0 saturated heterocycles. The van der Waals surface area contributed by atoms with E-state index in [-0.39, 0.29) is 23.9 Å². The second kappa shape index (κ2) is 7.56. The molecule has 1 fully saturated rings. The van der Waals surface area contributed by atoms with Crippen molar-refractivity contribution in [2.24, 2.45) is 11.7 Å². The van der Waals surface area contributed by atoms with Gasteiger partial charge in [0, 0.05) is 11.4 Å². The molecule has 1 atom stereocenters. The van der Waals surface area contributed by atoms with Gasteiger partial charge in [-0.2, -0.15) is 0 Å². The number of carbonyl (C=O) groups excluding carboxylic acids is 1. The number of rotatable bonds is 6. The van der Waals surface area contributed by atoms with E-state index in [1.165, 1.54) is 23.6 Å². The molecule has 23 heavy (non-hydrogen) atoms. The number of carbonyl (C=O) groups is 1. The Morgan fingerprint density at radius 1 is 1.26 bits per heavy atom. The van der Waals surface area contributed by atoms with Gasteiger partial charge in [0.2, 0.25) is 5.91 Å². The van der Waals surface area contributed by atoms with Crippen molar-refractivity contribution >= 4 is 40.8 Å². The molecule has 3 nitrogen and oxygen atoms in total. The van der Waals surface area contributed by atoms with Crippen LogP contribution in [0.1, 0.15) is 19.8 Å². The van der Waals surface area contributed by atoms with E-state index in [9.17, 15) is 4.79 Å². The van der Waals surface area contributed by atoms with Crippen molar-refractivity contribution < 1.29 is 4.79 Å². The second-order valence-corrected chi connectivity index (χ2v) is 7.29. The largest absolute Gasteiger partial charge is 0.349 e. The number of hydrogen-bond donors (Lipinski definition) is 2. The molecule has 0 spiro atoms. The molecule has 1 aliphatic carbocycles. The van der Waals surface area contributed by atoms with Gasteiger partial charge in [-0.1, -0.05) is 30.3 Å². The third-order valence-electron chi connectivity index (χ3n) is 4.42. The summed E-state index contributed by atoms with van der Waals surface area (Å²) in [4.78, 5) is 13.3. The van der Waals surface area contributed by atoms with Crippen molar-refractivity contribution in [3.05, 3.63) is 42.5 Å². The molecule has 0 radical (unpaired) electrons. The highest BCUT2D eigenvalue weighted by Crippen LogP contribution is 2.39. The van der Waals surface area contributed by atoms with Crippen molar-refractivity contribution in [1.82, 2.24) is 5.32 Å². The number of fused-ring (bicyclic) bond motifs is 1. The Kier molecular flexibility index (Phi) is 5.95. The smallest absolute Gasteiger partial charge is 0.230 e. The molecular weight excluding hydrogens is 328 g/mol. The number of amides is 1. The van der Waals surface area contributed by atoms with E-state index in [0.29, 0.717) is 18.2 Å². The van der Waals surface area contributed by atoms with Crippen LogP contribution in [0.3, 0.4) is 0 Å². The molecular formula is C18H23ClN2OS. The number of benzene rings is 2. The van der Waals surface area contributed by atoms with Gasteiger partial charge in [-0.15, -0.1) is 24.2 Å². The van der Waals surface area contributed by atoms with Gasteiger partial charge in [-0.25, -0.2) is 0 Å². The van der Waals surface area contributed by atoms with Gasteiger partial charge in [0.1, 0.15) is 0 Å². The fourth-order valence-electron chi connectivity index (χ4n) is 2.80. The van der Waals surface area contributed by atoms with Crippen LogP contribution in [-0.2, 0) is 4.79 Å². The maximum Gasteiger partial charge on any atom is 0.230 e. The van der Waals surface area contributed by atoms with Crippen LogP contribution >= 0.6 is 24.2 Å². The molecule has 2 aromatic carbocycles. The lowest BCUT2D eigenvalue weighted by molar-refractivity contribution is -0.120. The highest BCUT2D eigenvalue weighted by Gasteiger charge is 2.41. The second-order valence-electron chi connectivity index (χ2n) is 6.24. The van der Waals surface area contributed by atoms with E-state index >= 15 is 0 Å². The molecule has 3 rings (SSSR count). The first kappa shape index (κ1) is 18.1. The molecule has 1 saturated carbocycles. The van der Waals surface area contributed by atoms with Crippen molar-refractivity contribution in [1.29, 1.82) is 0 Å². The summed E-state index contributed by atoms with van der Waals surface area (Å²) in [5.41, 5.74) is 5.61. The summed E-state index contributed by atoms with van der Waals surface area (Å²) in [5.74, 6) is 1.05. The summed E-state index contributed by atoms with van der Waals surface area (Å²) in [6, 6.07) is 14.6. The fourth-order valence-corrected chi connectivity index (χ4v) is 3.55. The molecule has 1 unspecified atom stereocenters. The molecule has 0 aromatic heterocycles. The Balaban J connectivity index is 0.00000192. The van der Waals surface area contributed by atoms with Gasteiger partial charge < -0.3 is 11.1 Å². The maximum absolute atomic E-state index is 12.2. The molecule has 1 aliphatic rings. The minimum atomic E-state index is -0.235. The van der Waals surface area contributed by atoms with E-state index in [0.717, 1.165) is 4.90 Å². The van der Waals surface area contributed by atoms with Gasteiger partial charge >= 0.3 is 0 Å². The minimum absolute atomic E-state index is 0. The Hall–Kier alpha value is -1.23. The highest BCUT2D eigenvalue weighted by atomic mass is 35.5. The Labute approximate surface area is 147 Å². The summed E-state index contributed by atoms with van der Waals surface area (Å²) in [6.07, 6.45) is 2.34. The average Bonchev–Trinajstić information content (AvgIpc) is 3.38. The molecule has 1 amide bonds. The lowest BCUT2D eigenvalue weighted by atomic mass is 9.96. The number of halogens is 1. The van der Waals surface area contributed by atoms with Crippen LogP contribution < -0.4 is 11.1 Å². The quantitative estimate of drug-likeness (QED) is 0.783. The first-order valence-corrected chi connectivity index (χ1v) is 8.72. The third kappa shape index (κ3) is 4.40. The van der Waals surface area contributed by atoms with Crippen LogP contribution in [0.2, 0.25) is 0 Å². The topological polar surface area (TPSA) is 55.1 Å². The molecule has 0 heterocycles. The van der Waals surface area contributed by atoms with E-state index in [2.05, 4.69) is 42.6 Å². The van der Waals surface area contributed by atoms with E-state index in [1.54, 1.807) is 11.8 Å². The predicted octanol–water partition coefficient (Wildman–Crippen LogP) is 3.60.